The summed E-state index contributed by atoms with van der Waals surface area (Å²) < 4.78 is 3.24. The Labute approximate surface area is 144 Å². The molecule has 3 rings (SSSR count). The van der Waals surface area contributed by atoms with Gasteiger partial charge in [0, 0.05) is 24.9 Å². The molecule has 2 N–H and O–H groups in total. The van der Waals surface area contributed by atoms with Gasteiger partial charge in [-0.25, -0.2) is 0 Å². The van der Waals surface area contributed by atoms with E-state index in [4.69, 9.17) is 5.11 Å². The first-order valence-corrected chi connectivity index (χ1v) is 8.58. The number of anilines is 1. The Morgan fingerprint density at radius 3 is 2.62 bits per heavy atom. The summed E-state index contributed by atoms with van der Waals surface area (Å²) >= 11 is 1.67. The molecule has 0 unspecified atom stereocenters. The highest BCUT2D eigenvalue weighted by atomic mass is 32.1. The zero-order valence-electron chi connectivity index (χ0n) is 13.4. The van der Waals surface area contributed by atoms with Crippen molar-refractivity contribution in [2.24, 2.45) is 0 Å². The second kappa shape index (κ2) is 7.27. The van der Waals surface area contributed by atoms with Crippen LogP contribution < -0.4 is 9.88 Å². The van der Waals surface area contributed by atoms with E-state index in [0.29, 0.717) is 6.54 Å². The summed E-state index contributed by atoms with van der Waals surface area (Å²) in [5.41, 5.74) is 3.26. The zero-order valence-corrected chi connectivity index (χ0v) is 14.2. The third kappa shape index (κ3) is 3.63. The fourth-order valence-corrected chi connectivity index (χ4v) is 3.63. The summed E-state index contributed by atoms with van der Waals surface area (Å²) in [4.78, 5) is 10.9. The fraction of sp³-hybridized carbons (Fsp3) is 0.158. The molecule has 0 amide bonds. The number of carboxylic acids is 1. The molecule has 0 aliphatic heterocycles. The smallest absolute Gasteiger partial charge is 0.309 e. The average molecular weight is 339 g/mol. The van der Waals surface area contributed by atoms with Crippen molar-refractivity contribution in [1.82, 2.24) is 0 Å². The molecule has 3 aromatic rings. The van der Waals surface area contributed by atoms with E-state index in [1.54, 1.807) is 11.3 Å². The molecular weight excluding hydrogens is 320 g/mol. The van der Waals surface area contributed by atoms with Crippen LogP contribution in [0.5, 0.6) is 0 Å². The number of aryl methyl sites for hydroxylation is 1. The van der Waals surface area contributed by atoms with E-state index in [1.807, 2.05) is 37.4 Å². The number of nitrogens with one attached hydrogen (secondary N) is 1. The number of thiazole rings is 1. The van der Waals surface area contributed by atoms with E-state index in [0.717, 1.165) is 26.5 Å². The van der Waals surface area contributed by atoms with Crippen molar-refractivity contribution < 1.29 is 14.5 Å². The second-order valence-corrected chi connectivity index (χ2v) is 6.47. The van der Waals surface area contributed by atoms with Crippen molar-refractivity contribution >= 4 is 45.4 Å². The minimum atomic E-state index is -0.782. The quantitative estimate of drug-likeness (QED) is 0.670. The highest BCUT2D eigenvalue weighted by Gasteiger charge is 2.18. The molecule has 0 atom stereocenters. The van der Waals surface area contributed by atoms with Crippen LogP contribution in [-0.2, 0) is 11.3 Å². The van der Waals surface area contributed by atoms with Crippen LogP contribution in [0.25, 0.3) is 22.4 Å². The Hall–Kier alpha value is -2.66. The maximum Gasteiger partial charge on any atom is 0.309 e. The number of nitrogens with zero attached hydrogens (tertiary/aromatic N) is 1. The van der Waals surface area contributed by atoms with Gasteiger partial charge in [-0.05, 0) is 29.8 Å². The normalized spacial score (nSPS) is 11.2. The Morgan fingerprint density at radius 2 is 1.92 bits per heavy atom. The predicted molar refractivity (Wildman–Crippen MR) is 99.2 cm³/mol. The Balaban J connectivity index is 1.93. The lowest BCUT2D eigenvalue weighted by atomic mass is 10.2. The highest BCUT2D eigenvalue weighted by Crippen LogP contribution is 2.22. The Bertz CT molecular complexity index is 882. The number of fused-ring (bicyclic) bond motifs is 1. The Kier molecular flexibility index (Phi) is 4.91. The predicted octanol–water partition coefficient (Wildman–Crippen LogP) is 3.88. The minimum Gasteiger partial charge on any atom is -0.481 e. The van der Waals surface area contributed by atoms with Gasteiger partial charge in [0.15, 0.2) is 6.54 Å². The molecule has 122 valence electrons. The van der Waals surface area contributed by atoms with Gasteiger partial charge < -0.3 is 10.4 Å². The van der Waals surface area contributed by atoms with Gasteiger partial charge in [0.25, 0.3) is 5.01 Å². The van der Waals surface area contributed by atoms with Crippen LogP contribution in [0.4, 0.5) is 5.69 Å². The van der Waals surface area contributed by atoms with Crippen LogP contribution >= 0.6 is 11.3 Å². The molecule has 1 aromatic heterocycles. The van der Waals surface area contributed by atoms with E-state index in [2.05, 4.69) is 40.2 Å². The minimum absolute atomic E-state index is 0.114. The maximum atomic E-state index is 10.9. The summed E-state index contributed by atoms with van der Waals surface area (Å²) in [6.45, 7) is 0.470. The lowest BCUT2D eigenvalue weighted by Crippen LogP contribution is -2.36. The summed E-state index contributed by atoms with van der Waals surface area (Å²) in [7, 11) is 1.90. The van der Waals surface area contributed by atoms with Gasteiger partial charge >= 0.3 is 5.97 Å². The van der Waals surface area contributed by atoms with Gasteiger partial charge in [-0.1, -0.05) is 35.6 Å². The molecule has 0 spiro atoms. The summed E-state index contributed by atoms with van der Waals surface area (Å²) in [6, 6.07) is 16.3. The number of aliphatic carboxylic acids is 1. The molecule has 0 aliphatic carbocycles. The molecule has 5 heteroatoms. The number of rotatable bonds is 6. The van der Waals surface area contributed by atoms with E-state index >= 15 is 0 Å². The first kappa shape index (κ1) is 16.2. The van der Waals surface area contributed by atoms with Crippen LogP contribution in [0.1, 0.15) is 17.0 Å². The molecule has 24 heavy (non-hydrogen) atoms. The van der Waals surface area contributed by atoms with Crippen LogP contribution in [0.15, 0.2) is 48.5 Å². The molecule has 0 saturated heterocycles. The van der Waals surface area contributed by atoms with Crippen molar-refractivity contribution in [3.05, 3.63) is 59.1 Å². The number of carboxylic acid groups (broad SMARTS) is 1. The fourth-order valence-electron chi connectivity index (χ4n) is 2.54. The van der Waals surface area contributed by atoms with Gasteiger partial charge in [0.2, 0.25) is 5.52 Å². The molecule has 0 bridgehead atoms. The number of aromatic nitrogens is 1. The Morgan fingerprint density at radius 1 is 1.17 bits per heavy atom. The zero-order chi connectivity index (χ0) is 16.9. The van der Waals surface area contributed by atoms with E-state index in [9.17, 15) is 4.79 Å². The number of hydrogen-bond donors (Lipinski definition) is 2. The average Bonchev–Trinajstić information content (AvgIpc) is 2.96. The molecule has 1 heterocycles. The van der Waals surface area contributed by atoms with Crippen LogP contribution in [-0.4, -0.2) is 18.1 Å². The lowest BCUT2D eigenvalue weighted by Gasteiger charge is -1.99. The van der Waals surface area contributed by atoms with Gasteiger partial charge in [0.1, 0.15) is 11.1 Å². The third-order valence-corrected chi connectivity index (χ3v) is 4.93. The first-order chi connectivity index (χ1) is 11.7. The van der Waals surface area contributed by atoms with Crippen molar-refractivity contribution in [3.8, 4) is 0 Å². The van der Waals surface area contributed by atoms with Gasteiger partial charge in [-0.15, -0.1) is 0 Å². The van der Waals surface area contributed by atoms with Gasteiger partial charge in [0.05, 0.1) is 0 Å². The van der Waals surface area contributed by atoms with E-state index in [-0.39, 0.29) is 6.42 Å². The van der Waals surface area contributed by atoms with Gasteiger partial charge in [-0.3, -0.25) is 4.79 Å². The first-order valence-electron chi connectivity index (χ1n) is 7.76. The van der Waals surface area contributed by atoms with E-state index in [1.165, 1.54) is 0 Å². The highest BCUT2D eigenvalue weighted by molar-refractivity contribution is 7.18. The largest absolute Gasteiger partial charge is 0.481 e. The molecule has 0 fully saturated rings. The molecule has 4 nitrogen and oxygen atoms in total. The number of benzene rings is 2. The molecule has 2 aromatic carbocycles. The van der Waals surface area contributed by atoms with Crippen molar-refractivity contribution in [2.45, 2.75) is 13.0 Å². The molecular formula is C19H19N2O2S+. The van der Waals surface area contributed by atoms with Crippen LogP contribution in [0, 0.1) is 0 Å². The van der Waals surface area contributed by atoms with E-state index < -0.39 is 5.97 Å². The third-order valence-electron chi connectivity index (χ3n) is 3.80. The summed E-state index contributed by atoms with van der Waals surface area (Å²) in [6.07, 6.45) is 4.23. The number of hydrogen-bond acceptors (Lipinski definition) is 3. The SMILES string of the molecule is CNc1ccc(/C=C/c2sc3ccccc3[n+]2CCC(=O)O)cc1. The molecule has 0 saturated carbocycles. The lowest BCUT2D eigenvalue weighted by molar-refractivity contribution is -0.667. The van der Waals surface area contributed by atoms with Crippen molar-refractivity contribution in [1.29, 1.82) is 0 Å². The standard InChI is InChI=1S/C19H18N2O2S/c1-20-15-9-6-14(7-10-15)8-11-18-21(13-12-19(22)23)16-4-2-3-5-17(16)24-18/h2-11H,12-13H2,1H3,(H,22,23)/p+1. The number of para-hydroxylation sites is 1. The second-order valence-electron chi connectivity index (χ2n) is 5.41. The number of carbonyl (C=O) groups is 1. The monoisotopic (exact) mass is 339 g/mol. The topological polar surface area (TPSA) is 53.2 Å². The summed E-state index contributed by atoms with van der Waals surface area (Å²) in [5.74, 6) is -0.782. The van der Waals surface area contributed by atoms with Crippen molar-refractivity contribution in [2.75, 3.05) is 12.4 Å². The summed E-state index contributed by atoms with van der Waals surface area (Å²) in [5, 5.41) is 13.2. The molecule has 0 radical (unpaired) electrons. The molecule has 0 aliphatic rings. The maximum absolute atomic E-state index is 10.9. The van der Waals surface area contributed by atoms with Crippen LogP contribution in [0.2, 0.25) is 0 Å². The van der Waals surface area contributed by atoms with Crippen molar-refractivity contribution in [3.63, 3.8) is 0 Å². The van der Waals surface area contributed by atoms with Gasteiger partial charge in [-0.2, -0.15) is 4.57 Å². The van der Waals surface area contributed by atoms with Crippen LogP contribution in [0.3, 0.4) is 0 Å².